The molecule has 0 aromatic heterocycles. The van der Waals surface area contributed by atoms with Crippen LogP contribution in [0.5, 0.6) is 0 Å². The largest absolute Gasteiger partial charge is 0.411 e. The Bertz CT molecular complexity index is 857. The molecule has 0 atom stereocenters. The lowest BCUT2D eigenvalue weighted by atomic mass is 10.1. The van der Waals surface area contributed by atoms with Gasteiger partial charge in [-0.2, -0.15) is 0 Å². The molecular formula is C21H22F2N4O2. The maximum atomic E-state index is 13.1. The van der Waals surface area contributed by atoms with Crippen LogP contribution in [0.25, 0.3) is 0 Å². The fourth-order valence-electron chi connectivity index (χ4n) is 2.59. The molecule has 2 aromatic rings. The number of hydrogen-bond acceptors (Lipinski definition) is 6. The molecule has 0 bridgehead atoms. The smallest absolute Gasteiger partial charge is 0.123 e. The SMILES string of the molecule is C/C(=N/O)C(=NCCCN=C(/C(C)=N/O)c1ccc(F)cc1)c1ccc(F)cc1. The van der Waals surface area contributed by atoms with Crippen LogP contribution in [0, 0.1) is 11.6 Å². The summed E-state index contributed by atoms with van der Waals surface area (Å²) in [7, 11) is 0. The van der Waals surface area contributed by atoms with Gasteiger partial charge in [0.25, 0.3) is 0 Å². The zero-order chi connectivity index (χ0) is 21.2. The van der Waals surface area contributed by atoms with E-state index in [1.165, 1.54) is 24.3 Å². The van der Waals surface area contributed by atoms with Gasteiger partial charge in [-0.1, -0.05) is 10.3 Å². The third-order valence-corrected chi connectivity index (χ3v) is 4.08. The third kappa shape index (κ3) is 6.31. The van der Waals surface area contributed by atoms with E-state index in [4.69, 9.17) is 10.4 Å². The number of halogens is 2. The van der Waals surface area contributed by atoms with Gasteiger partial charge in [-0.15, -0.1) is 0 Å². The molecule has 0 aliphatic heterocycles. The molecule has 0 spiro atoms. The molecule has 0 heterocycles. The Morgan fingerprint density at radius 2 is 1.03 bits per heavy atom. The first-order valence-corrected chi connectivity index (χ1v) is 8.95. The average Bonchev–Trinajstić information content (AvgIpc) is 2.74. The summed E-state index contributed by atoms with van der Waals surface area (Å²) in [6.45, 7) is 3.98. The van der Waals surface area contributed by atoms with Gasteiger partial charge in [-0.25, -0.2) is 8.78 Å². The zero-order valence-corrected chi connectivity index (χ0v) is 16.2. The molecule has 0 aliphatic carbocycles. The van der Waals surface area contributed by atoms with Crippen molar-refractivity contribution in [3.05, 3.63) is 71.3 Å². The molecule has 6 nitrogen and oxygen atoms in total. The van der Waals surface area contributed by atoms with Crippen LogP contribution in [0.15, 0.2) is 68.8 Å². The lowest BCUT2D eigenvalue weighted by molar-refractivity contribution is 0.319. The first kappa shape index (κ1) is 21.9. The summed E-state index contributed by atoms with van der Waals surface area (Å²) in [6, 6.07) is 11.5. The average molecular weight is 400 g/mol. The van der Waals surface area contributed by atoms with Crippen molar-refractivity contribution < 1.29 is 19.2 Å². The molecule has 0 aliphatic rings. The van der Waals surface area contributed by atoms with E-state index in [-0.39, 0.29) is 11.6 Å². The Morgan fingerprint density at radius 3 is 1.34 bits per heavy atom. The summed E-state index contributed by atoms with van der Waals surface area (Å²) < 4.78 is 26.3. The monoisotopic (exact) mass is 400 g/mol. The van der Waals surface area contributed by atoms with Crippen LogP contribution < -0.4 is 0 Å². The zero-order valence-electron chi connectivity index (χ0n) is 16.2. The van der Waals surface area contributed by atoms with Gasteiger partial charge >= 0.3 is 0 Å². The predicted octanol–water partition coefficient (Wildman–Crippen LogP) is 4.33. The quantitative estimate of drug-likeness (QED) is 0.299. The maximum Gasteiger partial charge on any atom is 0.123 e. The third-order valence-electron chi connectivity index (χ3n) is 4.08. The van der Waals surface area contributed by atoms with E-state index in [1.54, 1.807) is 38.1 Å². The molecule has 0 amide bonds. The minimum atomic E-state index is -0.365. The van der Waals surface area contributed by atoms with E-state index in [9.17, 15) is 8.78 Å². The summed E-state index contributed by atoms with van der Waals surface area (Å²) in [5, 5.41) is 24.5. The second-order valence-corrected chi connectivity index (χ2v) is 6.20. The molecule has 2 rings (SSSR count). The van der Waals surface area contributed by atoms with Gasteiger partial charge in [-0.3, -0.25) is 9.98 Å². The molecule has 0 saturated carbocycles. The molecule has 2 N–H and O–H groups in total. The Balaban J connectivity index is 2.12. The van der Waals surface area contributed by atoms with Gasteiger partial charge in [0.1, 0.15) is 23.1 Å². The highest BCUT2D eigenvalue weighted by molar-refractivity contribution is 6.48. The van der Waals surface area contributed by atoms with Crippen LogP contribution in [0.4, 0.5) is 8.78 Å². The van der Waals surface area contributed by atoms with Gasteiger partial charge in [-0.05, 0) is 68.8 Å². The minimum Gasteiger partial charge on any atom is -0.411 e. The van der Waals surface area contributed by atoms with Crippen LogP contribution in [0.1, 0.15) is 31.4 Å². The molecule has 29 heavy (non-hydrogen) atoms. The fourth-order valence-corrected chi connectivity index (χ4v) is 2.59. The molecule has 0 radical (unpaired) electrons. The van der Waals surface area contributed by atoms with Crippen LogP contribution in [-0.4, -0.2) is 46.4 Å². The molecular weight excluding hydrogens is 378 g/mol. The number of hydrogen-bond donors (Lipinski definition) is 2. The standard InChI is InChI=1S/C21H22F2N4O2/c1-14(26-28)20(16-4-8-18(22)9-5-16)24-12-3-13-25-21(15(2)27-29)17-6-10-19(23)11-7-17/h4-11,28-29H,3,12-13H2,1-2H3/b24-20?,25-21?,26-14-,27-15+. The Kier molecular flexibility index (Phi) is 8.14. The van der Waals surface area contributed by atoms with Gasteiger partial charge in [0.2, 0.25) is 0 Å². The Morgan fingerprint density at radius 1 is 0.690 bits per heavy atom. The first-order chi connectivity index (χ1) is 14.0. The van der Waals surface area contributed by atoms with Gasteiger partial charge in [0.05, 0.1) is 11.4 Å². The van der Waals surface area contributed by atoms with Gasteiger partial charge in [0, 0.05) is 24.2 Å². The maximum absolute atomic E-state index is 13.1. The van der Waals surface area contributed by atoms with Gasteiger partial charge < -0.3 is 10.4 Å². The van der Waals surface area contributed by atoms with E-state index >= 15 is 0 Å². The summed E-state index contributed by atoms with van der Waals surface area (Å²) in [5.74, 6) is -0.731. The van der Waals surface area contributed by atoms with Crippen molar-refractivity contribution in [3.63, 3.8) is 0 Å². The summed E-state index contributed by atoms with van der Waals surface area (Å²) in [6.07, 6.45) is 0.562. The van der Waals surface area contributed by atoms with E-state index in [0.717, 1.165) is 0 Å². The van der Waals surface area contributed by atoms with E-state index in [2.05, 4.69) is 20.3 Å². The highest BCUT2D eigenvalue weighted by atomic mass is 19.1. The first-order valence-electron chi connectivity index (χ1n) is 8.95. The molecule has 152 valence electrons. The predicted molar refractivity (Wildman–Crippen MR) is 110 cm³/mol. The van der Waals surface area contributed by atoms with Crippen molar-refractivity contribution in [3.8, 4) is 0 Å². The highest BCUT2D eigenvalue weighted by Gasteiger charge is 2.10. The Hall–Kier alpha value is -3.42. The van der Waals surface area contributed by atoms with Crippen molar-refractivity contribution in [2.75, 3.05) is 13.1 Å². The van der Waals surface area contributed by atoms with E-state index in [1.807, 2.05) is 0 Å². The summed E-state index contributed by atoms with van der Waals surface area (Å²) in [5.41, 5.74) is 2.83. The van der Waals surface area contributed by atoms with Crippen LogP contribution in [0.2, 0.25) is 0 Å². The second kappa shape index (κ2) is 10.8. The lowest BCUT2D eigenvalue weighted by Crippen LogP contribution is -2.14. The Labute approximate surface area is 167 Å². The van der Waals surface area contributed by atoms with Crippen LogP contribution >= 0.6 is 0 Å². The lowest BCUT2D eigenvalue weighted by Gasteiger charge is -2.07. The van der Waals surface area contributed by atoms with Crippen molar-refractivity contribution in [2.45, 2.75) is 20.3 Å². The molecule has 2 aromatic carbocycles. The van der Waals surface area contributed by atoms with Crippen LogP contribution in [0.3, 0.4) is 0 Å². The minimum absolute atomic E-state index is 0.315. The fraction of sp³-hybridized carbons (Fsp3) is 0.238. The number of benzene rings is 2. The second-order valence-electron chi connectivity index (χ2n) is 6.20. The number of oxime groups is 2. The molecule has 0 unspecified atom stereocenters. The van der Waals surface area contributed by atoms with Crippen molar-refractivity contribution in [1.29, 1.82) is 0 Å². The van der Waals surface area contributed by atoms with E-state index in [0.29, 0.717) is 53.5 Å². The van der Waals surface area contributed by atoms with Crippen molar-refractivity contribution >= 4 is 22.8 Å². The van der Waals surface area contributed by atoms with Crippen molar-refractivity contribution in [1.82, 2.24) is 0 Å². The van der Waals surface area contributed by atoms with Crippen molar-refractivity contribution in [2.24, 2.45) is 20.3 Å². The summed E-state index contributed by atoms with van der Waals surface area (Å²) in [4.78, 5) is 8.89. The number of nitrogens with zero attached hydrogens (tertiary/aromatic N) is 4. The highest BCUT2D eigenvalue weighted by Crippen LogP contribution is 2.08. The topological polar surface area (TPSA) is 89.9 Å². The summed E-state index contributed by atoms with van der Waals surface area (Å²) >= 11 is 0. The molecule has 8 heteroatoms. The molecule has 0 fully saturated rings. The number of rotatable bonds is 8. The molecule has 0 saturated heterocycles. The van der Waals surface area contributed by atoms with Crippen LogP contribution in [-0.2, 0) is 0 Å². The normalized spacial score (nSPS) is 13.7. The van der Waals surface area contributed by atoms with E-state index < -0.39 is 0 Å². The number of aliphatic imine (C=N–C) groups is 2. The van der Waals surface area contributed by atoms with Gasteiger partial charge in [0.15, 0.2) is 0 Å².